The first-order valence-corrected chi connectivity index (χ1v) is 4.64. The van der Waals surface area contributed by atoms with Crippen molar-refractivity contribution in [2.75, 3.05) is 14.2 Å². The number of methoxy groups -OCH3 is 2. The summed E-state index contributed by atoms with van der Waals surface area (Å²) in [5.41, 5.74) is 0.0239. The average Bonchev–Trinajstić information content (AvgIpc) is 2.30. The number of carbonyl (C=O) groups excluding carboxylic acids is 1. The highest BCUT2D eigenvalue weighted by atomic mass is 19.1. The van der Waals surface area contributed by atoms with Gasteiger partial charge in [-0.1, -0.05) is 0 Å². The van der Waals surface area contributed by atoms with Crippen molar-refractivity contribution >= 4 is 11.8 Å². The van der Waals surface area contributed by atoms with Gasteiger partial charge in [-0.2, -0.15) is 0 Å². The Hall–Kier alpha value is -1.95. The number of carboxylic acid groups (broad SMARTS) is 1. The van der Waals surface area contributed by atoms with Crippen LogP contribution in [0.1, 0.15) is 15.9 Å². The molecular formula is C11H11FO5. The quantitative estimate of drug-likeness (QED) is 0.621. The second-order valence-corrected chi connectivity index (χ2v) is 3.21. The van der Waals surface area contributed by atoms with Crippen molar-refractivity contribution in [3.63, 3.8) is 0 Å². The average molecular weight is 242 g/mol. The molecule has 1 aromatic rings. The van der Waals surface area contributed by atoms with Crippen LogP contribution in [0.2, 0.25) is 0 Å². The lowest BCUT2D eigenvalue weighted by Gasteiger charge is -2.09. The number of aliphatic carboxylic acids is 1. The van der Waals surface area contributed by atoms with Gasteiger partial charge in [-0.15, -0.1) is 0 Å². The van der Waals surface area contributed by atoms with E-state index in [0.717, 1.165) is 6.07 Å². The third-order valence-electron chi connectivity index (χ3n) is 2.12. The van der Waals surface area contributed by atoms with Gasteiger partial charge >= 0.3 is 5.97 Å². The predicted octanol–water partition coefficient (Wildman–Crippen LogP) is 1.25. The van der Waals surface area contributed by atoms with Crippen molar-refractivity contribution in [1.29, 1.82) is 0 Å². The Morgan fingerprint density at radius 2 is 2.00 bits per heavy atom. The summed E-state index contributed by atoms with van der Waals surface area (Å²) < 4.78 is 22.9. The summed E-state index contributed by atoms with van der Waals surface area (Å²) >= 11 is 0. The first-order valence-electron chi connectivity index (χ1n) is 4.64. The van der Waals surface area contributed by atoms with Crippen LogP contribution in [0.3, 0.4) is 0 Å². The molecule has 5 nitrogen and oxygen atoms in total. The van der Waals surface area contributed by atoms with Crippen LogP contribution >= 0.6 is 0 Å². The number of halogens is 1. The van der Waals surface area contributed by atoms with E-state index < -0.39 is 17.6 Å². The Labute approximate surface area is 96.8 Å². The van der Waals surface area contributed by atoms with Crippen molar-refractivity contribution in [2.45, 2.75) is 6.61 Å². The maximum Gasteiger partial charge on any atom is 0.377 e. The summed E-state index contributed by atoms with van der Waals surface area (Å²) in [6.45, 7) is -0.00894. The summed E-state index contributed by atoms with van der Waals surface area (Å²) in [6.07, 6.45) is 0. The fourth-order valence-corrected chi connectivity index (χ4v) is 1.35. The summed E-state index contributed by atoms with van der Waals surface area (Å²) in [4.78, 5) is 21.9. The molecule has 0 saturated carbocycles. The molecule has 0 aliphatic rings. The molecule has 1 aromatic carbocycles. The minimum atomic E-state index is -1.65. The number of ketones is 1. The largest absolute Gasteiger partial charge is 0.494 e. The zero-order valence-electron chi connectivity index (χ0n) is 9.32. The zero-order chi connectivity index (χ0) is 13.0. The van der Waals surface area contributed by atoms with Gasteiger partial charge < -0.3 is 14.6 Å². The van der Waals surface area contributed by atoms with Crippen LogP contribution in [0.15, 0.2) is 12.1 Å². The molecule has 92 valence electrons. The lowest BCUT2D eigenvalue weighted by atomic mass is 10.0. The third-order valence-corrected chi connectivity index (χ3v) is 2.12. The minimum absolute atomic E-state index is 0.00894. The Bertz CT molecular complexity index is 455. The molecule has 0 radical (unpaired) electrons. The molecule has 0 amide bonds. The van der Waals surface area contributed by atoms with E-state index in [2.05, 4.69) is 0 Å². The first-order chi connectivity index (χ1) is 8.01. The molecule has 0 heterocycles. The molecule has 0 atom stereocenters. The number of carboxylic acids is 1. The highest BCUT2D eigenvalue weighted by Gasteiger charge is 2.21. The zero-order valence-corrected chi connectivity index (χ0v) is 9.32. The van der Waals surface area contributed by atoms with E-state index in [1.54, 1.807) is 0 Å². The lowest BCUT2D eigenvalue weighted by molar-refractivity contribution is -0.131. The Kier molecular flexibility index (Phi) is 4.17. The highest BCUT2D eigenvalue weighted by molar-refractivity contribution is 6.40. The van der Waals surface area contributed by atoms with Gasteiger partial charge in [0.2, 0.25) is 0 Å². The Balaban J connectivity index is 3.32. The number of carbonyl (C=O) groups is 2. The van der Waals surface area contributed by atoms with Gasteiger partial charge in [0.05, 0.1) is 13.7 Å². The van der Waals surface area contributed by atoms with Crippen LogP contribution in [-0.2, 0) is 16.1 Å². The van der Waals surface area contributed by atoms with Crippen LogP contribution in [0.4, 0.5) is 4.39 Å². The molecule has 0 aliphatic heterocycles. The molecule has 0 bridgehead atoms. The van der Waals surface area contributed by atoms with E-state index in [1.807, 2.05) is 0 Å². The Morgan fingerprint density at radius 3 is 2.47 bits per heavy atom. The van der Waals surface area contributed by atoms with Crippen LogP contribution in [0.25, 0.3) is 0 Å². The van der Waals surface area contributed by atoms with Crippen molar-refractivity contribution < 1.29 is 28.6 Å². The fourth-order valence-electron chi connectivity index (χ4n) is 1.35. The molecule has 0 spiro atoms. The maximum atomic E-state index is 13.4. The number of hydrogen-bond acceptors (Lipinski definition) is 4. The molecule has 6 heteroatoms. The van der Waals surface area contributed by atoms with Gasteiger partial charge in [0.25, 0.3) is 5.78 Å². The predicted molar refractivity (Wildman–Crippen MR) is 55.6 cm³/mol. The second-order valence-electron chi connectivity index (χ2n) is 3.21. The van der Waals surface area contributed by atoms with E-state index in [0.29, 0.717) is 0 Å². The molecule has 0 aliphatic carbocycles. The van der Waals surface area contributed by atoms with Gasteiger partial charge in [-0.25, -0.2) is 9.18 Å². The number of benzene rings is 1. The highest BCUT2D eigenvalue weighted by Crippen LogP contribution is 2.23. The summed E-state index contributed by atoms with van der Waals surface area (Å²) in [6, 6.07) is 2.08. The Morgan fingerprint density at radius 1 is 1.35 bits per heavy atom. The van der Waals surface area contributed by atoms with Gasteiger partial charge in [-0.05, 0) is 17.7 Å². The molecule has 1 rings (SSSR count). The molecule has 0 saturated heterocycles. The van der Waals surface area contributed by atoms with Crippen LogP contribution < -0.4 is 4.74 Å². The smallest absolute Gasteiger partial charge is 0.377 e. The van der Waals surface area contributed by atoms with E-state index in [9.17, 15) is 14.0 Å². The molecular weight excluding hydrogens is 231 g/mol. The van der Waals surface area contributed by atoms with Gasteiger partial charge in [-0.3, -0.25) is 4.79 Å². The van der Waals surface area contributed by atoms with Gasteiger partial charge in [0.15, 0.2) is 11.6 Å². The van der Waals surface area contributed by atoms with Crippen LogP contribution in [0.5, 0.6) is 5.75 Å². The molecule has 0 unspecified atom stereocenters. The number of rotatable bonds is 5. The van der Waals surface area contributed by atoms with E-state index in [-0.39, 0.29) is 23.5 Å². The van der Waals surface area contributed by atoms with Crippen LogP contribution in [-0.4, -0.2) is 31.1 Å². The fraction of sp³-hybridized carbons (Fsp3) is 0.273. The van der Waals surface area contributed by atoms with E-state index in [1.165, 1.54) is 20.3 Å². The summed E-state index contributed by atoms with van der Waals surface area (Å²) in [7, 11) is 2.65. The van der Waals surface area contributed by atoms with E-state index >= 15 is 0 Å². The van der Waals surface area contributed by atoms with Crippen LogP contribution in [0, 0.1) is 5.82 Å². The van der Waals surface area contributed by atoms with Crippen molar-refractivity contribution in [2.24, 2.45) is 0 Å². The molecule has 17 heavy (non-hydrogen) atoms. The van der Waals surface area contributed by atoms with E-state index in [4.69, 9.17) is 14.6 Å². The van der Waals surface area contributed by atoms with Crippen molar-refractivity contribution in [1.82, 2.24) is 0 Å². The standard InChI is InChI=1S/C11H11FO5/c1-16-5-6-3-9(17-2)8(12)4-7(6)10(13)11(14)15/h3-4H,5H2,1-2H3,(H,14,15). The maximum absolute atomic E-state index is 13.4. The van der Waals surface area contributed by atoms with Gasteiger partial charge in [0.1, 0.15) is 0 Å². The summed E-state index contributed by atoms with van der Waals surface area (Å²) in [5, 5.41) is 8.60. The number of hydrogen-bond donors (Lipinski definition) is 1. The lowest BCUT2D eigenvalue weighted by Crippen LogP contribution is -2.16. The van der Waals surface area contributed by atoms with Gasteiger partial charge in [0, 0.05) is 12.7 Å². The third kappa shape index (κ3) is 2.79. The minimum Gasteiger partial charge on any atom is -0.494 e. The molecule has 0 aromatic heterocycles. The van der Waals surface area contributed by atoms with Crippen molar-refractivity contribution in [3.8, 4) is 5.75 Å². The summed E-state index contributed by atoms with van der Waals surface area (Å²) in [5.74, 6) is -3.69. The number of ether oxygens (including phenoxy) is 2. The second kappa shape index (κ2) is 5.40. The number of Topliss-reactive ketones (excluding diaryl/α,β-unsaturated/α-hetero) is 1. The normalized spacial score (nSPS) is 10.1. The first kappa shape index (κ1) is 13.1. The topological polar surface area (TPSA) is 72.8 Å². The molecule has 0 fully saturated rings. The monoisotopic (exact) mass is 242 g/mol. The SMILES string of the molecule is COCc1cc(OC)c(F)cc1C(=O)C(=O)O. The molecule has 1 N–H and O–H groups in total. The van der Waals surface area contributed by atoms with Crippen molar-refractivity contribution in [3.05, 3.63) is 29.1 Å².